The van der Waals surface area contributed by atoms with Crippen LogP contribution in [0.1, 0.15) is 28.6 Å². The van der Waals surface area contributed by atoms with Crippen molar-refractivity contribution in [3.05, 3.63) is 21.9 Å². The van der Waals surface area contributed by atoms with Crippen LogP contribution in [0, 0.1) is 11.8 Å². The van der Waals surface area contributed by atoms with Gasteiger partial charge >= 0.3 is 0 Å². The first-order valence-corrected chi connectivity index (χ1v) is 6.54. The maximum Gasteiger partial charge on any atom is 0.254 e. The molecule has 98 valence electrons. The van der Waals surface area contributed by atoms with Crippen molar-refractivity contribution in [2.24, 2.45) is 0 Å². The number of amides is 1. The van der Waals surface area contributed by atoms with E-state index in [1.54, 1.807) is 25.4 Å². The molecule has 0 saturated heterocycles. The molecule has 5 heteroatoms. The first-order valence-electron chi connectivity index (χ1n) is 5.66. The van der Waals surface area contributed by atoms with Crippen molar-refractivity contribution in [3.8, 4) is 11.8 Å². The zero-order valence-electron chi connectivity index (χ0n) is 10.5. The number of aliphatic hydroxyl groups excluding tert-OH is 2. The summed E-state index contributed by atoms with van der Waals surface area (Å²) in [6, 6.07) is 1.73. The van der Waals surface area contributed by atoms with E-state index in [4.69, 9.17) is 5.11 Å². The van der Waals surface area contributed by atoms with E-state index in [9.17, 15) is 9.90 Å². The maximum absolute atomic E-state index is 12.0. The van der Waals surface area contributed by atoms with Crippen LogP contribution in [0.15, 0.2) is 11.4 Å². The van der Waals surface area contributed by atoms with Gasteiger partial charge in [-0.1, -0.05) is 11.8 Å². The first kappa shape index (κ1) is 14.7. The molecular weight excluding hydrogens is 250 g/mol. The molecule has 1 atom stereocenters. The largest absolute Gasteiger partial charge is 0.395 e. The Kier molecular flexibility index (Phi) is 5.86. The predicted octanol–water partition coefficient (Wildman–Crippen LogP) is 0.935. The van der Waals surface area contributed by atoms with Crippen molar-refractivity contribution in [3.63, 3.8) is 0 Å². The summed E-state index contributed by atoms with van der Waals surface area (Å²) >= 11 is 1.40. The lowest BCUT2D eigenvalue weighted by Crippen LogP contribution is -2.32. The highest BCUT2D eigenvalue weighted by molar-refractivity contribution is 7.10. The van der Waals surface area contributed by atoms with Gasteiger partial charge in [0.05, 0.1) is 23.2 Å². The average molecular weight is 267 g/mol. The van der Waals surface area contributed by atoms with E-state index in [-0.39, 0.29) is 12.5 Å². The van der Waals surface area contributed by atoms with Crippen molar-refractivity contribution < 1.29 is 15.0 Å². The summed E-state index contributed by atoms with van der Waals surface area (Å²) in [7, 11) is 1.66. The van der Waals surface area contributed by atoms with Gasteiger partial charge in [-0.3, -0.25) is 4.79 Å². The molecule has 1 unspecified atom stereocenters. The summed E-state index contributed by atoms with van der Waals surface area (Å²) in [5.74, 6) is 5.58. The Bertz CT molecular complexity index is 456. The molecule has 1 aromatic rings. The van der Waals surface area contributed by atoms with Gasteiger partial charge in [-0.2, -0.15) is 0 Å². The van der Waals surface area contributed by atoms with E-state index in [1.165, 1.54) is 16.2 Å². The lowest BCUT2D eigenvalue weighted by atomic mass is 10.2. The van der Waals surface area contributed by atoms with Gasteiger partial charge in [0.25, 0.3) is 5.91 Å². The van der Waals surface area contributed by atoms with Crippen molar-refractivity contribution >= 4 is 17.2 Å². The molecule has 0 aliphatic rings. The van der Waals surface area contributed by atoms with Gasteiger partial charge in [0.1, 0.15) is 0 Å². The Morgan fingerprint density at radius 3 is 2.94 bits per heavy atom. The van der Waals surface area contributed by atoms with E-state index in [0.29, 0.717) is 18.5 Å². The van der Waals surface area contributed by atoms with Gasteiger partial charge < -0.3 is 15.1 Å². The fourth-order valence-electron chi connectivity index (χ4n) is 1.42. The molecule has 1 aromatic heterocycles. The molecule has 0 aliphatic heterocycles. The molecule has 0 radical (unpaired) electrons. The minimum absolute atomic E-state index is 0.0429. The van der Waals surface area contributed by atoms with Crippen molar-refractivity contribution in [1.82, 2.24) is 4.90 Å². The predicted molar refractivity (Wildman–Crippen MR) is 71.5 cm³/mol. The summed E-state index contributed by atoms with van der Waals surface area (Å²) in [5, 5.41) is 19.6. The maximum atomic E-state index is 12.0. The topological polar surface area (TPSA) is 60.8 Å². The minimum Gasteiger partial charge on any atom is -0.395 e. The number of thiophene rings is 1. The van der Waals surface area contributed by atoms with Gasteiger partial charge in [0.15, 0.2) is 0 Å². The van der Waals surface area contributed by atoms with Crippen LogP contribution in [0.4, 0.5) is 0 Å². The number of nitrogens with zero attached hydrogens (tertiary/aromatic N) is 1. The summed E-state index contributed by atoms with van der Waals surface area (Å²) < 4.78 is 0. The highest BCUT2D eigenvalue weighted by Crippen LogP contribution is 2.15. The van der Waals surface area contributed by atoms with Crippen LogP contribution >= 0.6 is 11.3 Å². The molecule has 1 rings (SSSR count). The van der Waals surface area contributed by atoms with E-state index >= 15 is 0 Å². The van der Waals surface area contributed by atoms with Crippen LogP contribution in [-0.2, 0) is 0 Å². The van der Waals surface area contributed by atoms with Gasteiger partial charge in [0, 0.05) is 25.4 Å². The second-order valence-corrected chi connectivity index (χ2v) is 4.92. The molecule has 1 heterocycles. The van der Waals surface area contributed by atoms with E-state index in [0.717, 1.165) is 4.88 Å². The molecule has 1 amide bonds. The summed E-state index contributed by atoms with van der Waals surface area (Å²) in [6.07, 6.45) is -0.107. The molecule has 4 nitrogen and oxygen atoms in total. The monoisotopic (exact) mass is 267 g/mol. The van der Waals surface area contributed by atoms with E-state index in [1.807, 2.05) is 0 Å². The van der Waals surface area contributed by atoms with Crippen LogP contribution in [-0.4, -0.2) is 47.3 Å². The van der Waals surface area contributed by atoms with E-state index in [2.05, 4.69) is 11.8 Å². The van der Waals surface area contributed by atoms with Gasteiger partial charge in [0.2, 0.25) is 0 Å². The quantitative estimate of drug-likeness (QED) is 0.798. The fourth-order valence-corrected chi connectivity index (χ4v) is 2.17. The average Bonchev–Trinajstić information content (AvgIpc) is 2.76. The molecule has 0 aliphatic carbocycles. The van der Waals surface area contributed by atoms with Crippen LogP contribution in [0.5, 0.6) is 0 Å². The number of aliphatic hydroxyl groups is 2. The highest BCUT2D eigenvalue weighted by Gasteiger charge is 2.14. The van der Waals surface area contributed by atoms with Gasteiger partial charge in [-0.15, -0.1) is 11.3 Å². The fraction of sp³-hybridized carbons (Fsp3) is 0.462. The van der Waals surface area contributed by atoms with Crippen molar-refractivity contribution in [2.45, 2.75) is 19.4 Å². The molecular formula is C13H17NO3S. The number of hydrogen-bond acceptors (Lipinski definition) is 4. The lowest BCUT2D eigenvalue weighted by molar-refractivity contribution is 0.0704. The van der Waals surface area contributed by atoms with Gasteiger partial charge in [-0.05, 0) is 13.0 Å². The third-order valence-electron chi connectivity index (χ3n) is 2.18. The second-order valence-electron chi connectivity index (χ2n) is 4.01. The molecule has 2 N–H and O–H groups in total. The summed E-state index contributed by atoms with van der Waals surface area (Å²) in [4.78, 5) is 14.2. The van der Waals surface area contributed by atoms with Crippen LogP contribution in [0.2, 0.25) is 0 Å². The van der Waals surface area contributed by atoms with Gasteiger partial charge in [-0.25, -0.2) is 0 Å². The molecule has 0 spiro atoms. The van der Waals surface area contributed by atoms with Crippen LogP contribution in [0.25, 0.3) is 0 Å². The summed E-state index contributed by atoms with van der Waals surface area (Å²) in [6.45, 7) is 1.99. The van der Waals surface area contributed by atoms with Crippen molar-refractivity contribution in [1.29, 1.82) is 0 Å². The minimum atomic E-state index is -0.540. The smallest absolute Gasteiger partial charge is 0.254 e. The zero-order chi connectivity index (χ0) is 13.5. The number of rotatable bonds is 4. The Hall–Kier alpha value is -1.35. The molecule has 0 aromatic carbocycles. The molecule has 0 bridgehead atoms. The number of likely N-dealkylation sites (N-methyl/N-ethyl adjacent to an activating group) is 1. The standard InChI is InChI=1S/C13H17NO3S/c1-10(16)8-14(2)13(17)11-7-12(18-9-11)5-3-4-6-15/h7,9-10,15-16H,4,6,8H2,1-2H3. The molecule has 18 heavy (non-hydrogen) atoms. The Morgan fingerprint density at radius 2 is 2.33 bits per heavy atom. The van der Waals surface area contributed by atoms with Crippen LogP contribution in [0.3, 0.4) is 0 Å². The Balaban J connectivity index is 2.68. The van der Waals surface area contributed by atoms with Crippen molar-refractivity contribution in [2.75, 3.05) is 20.2 Å². The Labute approximate surface area is 111 Å². The lowest BCUT2D eigenvalue weighted by Gasteiger charge is -2.17. The number of hydrogen-bond donors (Lipinski definition) is 2. The first-order chi connectivity index (χ1) is 8.54. The SMILES string of the molecule is CC(O)CN(C)C(=O)c1csc(C#CCCO)c1. The number of carbonyl (C=O) groups excluding carboxylic acids is 1. The molecule has 0 saturated carbocycles. The normalized spacial score (nSPS) is 11.6. The van der Waals surface area contributed by atoms with E-state index < -0.39 is 6.10 Å². The van der Waals surface area contributed by atoms with Crippen LogP contribution < -0.4 is 0 Å². The third kappa shape index (κ3) is 4.49. The Morgan fingerprint density at radius 1 is 1.61 bits per heavy atom. The number of carbonyl (C=O) groups is 1. The second kappa shape index (κ2) is 7.17. The molecule has 0 fully saturated rings. The zero-order valence-corrected chi connectivity index (χ0v) is 11.3. The third-order valence-corrected chi connectivity index (χ3v) is 3.03. The summed E-state index contributed by atoms with van der Waals surface area (Å²) in [5.41, 5.74) is 0.580. The highest BCUT2D eigenvalue weighted by atomic mass is 32.1.